The first kappa shape index (κ1) is 19.0. The molecule has 0 saturated heterocycles. The van der Waals surface area contributed by atoms with E-state index in [4.69, 9.17) is 5.73 Å². The van der Waals surface area contributed by atoms with Crippen molar-refractivity contribution in [3.63, 3.8) is 0 Å². The van der Waals surface area contributed by atoms with Crippen molar-refractivity contribution in [2.75, 3.05) is 5.01 Å². The predicted octanol–water partition coefficient (Wildman–Crippen LogP) is 2.58. The minimum atomic E-state index is -0.829. The first-order chi connectivity index (χ1) is 13.9. The number of nitrogens with one attached hydrogen (secondary N) is 1. The zero-order chi connectivity index (χ0) is 20.6. The van der Waals surface area contributed by atoms with Crippen molar-refractivity contribution in [3.05, 3.63) is 65.7 Å². The van der Waals surface area contributed by atoms with Gasteiger partial charge in [-0.25, -0.2) is 8.78 Å². The SMILES string of the molecule is NC(=O)C1CC(C(=O)NC2(c3ccc(F)cc3)CCC2)=NN1c1ccc(F)cc1. The highest BCUT2D eigenvalue weighted by Gasteiger charge is 2.42. The van der Waals surface area contributed by atoms with Crippen LogP contribution in [0.3, 0.4) is 0 Å². The van der Waals surface area contributed by atoms with E-state index < -0.39 is 29.2 Å². The van der Waals surface area contributed by atoms with Crippen LogP contribution in [-0.2, 0) is 15.1 Å². The first-order valence-electron chi connectivity index (χ1n) is 9.38. The number of hydrogen-bond donors (Lipinski definition) is 2. The van der Waals surface area contributed by atoms with Crippen LogP contribution in [0.25, 0.3) is 0 Å². The monoisotopic (exact) mass is 398 g/mol. The number of nitrogens with two attached hydrogens (primary N) is 1. The van der Waals surface area contributed by atoms with Crippen molar-refractivity contribution in [3.8, 4) is 0 Å². The number of benzene rings is 2. The molecule has 0 bridgehead atoms. The Morgan fingerprint density at radius 3 is 2.14 bits per heavy atom. The molecule has 8 heteroatoms. The van der Waals surface area contributed by atoms with E-state index in [1.807, 2.05) is 0 Å². The molecule has 29 heavy (non-hydrogen) atoms. The second-order valence-corrected chi connectivity index (χ2v) is 7.39. The summed E-state index contributed by atoms with van der Waals surface area (Å²) in [5, 5.41) is 8.66. The molecule has 1 atom stereocenters. The molecule has 0 spiro atoms. The number of halogens is 2. The molecule has 1 heterocycles. The summed E-state index contributed by atoms with van der Waals surface area (Å²) in [7, 11) is 0. The van der Waals surface area contributed by atoms with E-state index in [9.17, 15) is 18.4 Å². The molecule has 150 valence electrons. The van der Waals surface area contributed by atoms with Gasteiger partial charge >= 0.3 is 0 Å². The highest BCUT2D eigenvalue weighted by atomic mass is 19.1. The Balaban J connectivity index is 1.57. The molecule has 1 aliphatic heterocycles. The maximum atomic E-state index is 13.3. The van der Waals surface area contributed by atoms with Gasteiger partial charge in [0.15, 0.2) is 0 Å². The summed E-state index contributed by atoms with van der Waals surface area (Å²) in [6.07, 6.45) is 2.46. The van der Waals surface area contributed by atoms with Crippen LogP contribution in [0, 0.1) is 11.6 Å². The summed E-state index contributed by atoms with van der Waals surface area (Å²) < 4.78 is 26.5. The molecule has 1 aliphatic carbocycles. The summed E-state index contributed by atoms with van der Waals surface area (Å²) in [4.78, 5) is 24.8. The van der Waals surface area contributed by atoms with Gasteiger partial charge in [0.2, 0.25) is 5.91 Å². The number of carbonyl (C=O) groups is 2. The highest BCUT2D eigenvalue weighted by molar-refractivity contribution is 6.40. The first-order valence-corrected chi connectivity index (χ1v) is 9.38. The standard InChI is InChI=1S/C21H20F2N4O2/c22-14-4-2-13(3-5-14)21(10-1-11-21)25-20(29)17-12-18(19(24)28)27(26-17)16-8-6-15(23)7-9-16/h2-9,18H,1,10-12H2,(H2,24,28)(H,25,29). The molecule has 2 amide bonds. The van der Waals surface area contributed by atoms with Crippen LogP contribution in [0.15, 0.2) is 53.6 Å². The summed E-state index contributed by atoms with van der Waals surface area (Å²) in [6.45, 7) is 0. The Labute approximate surface area is 166 Å². The van der Waals surface area contributed by atoms with Gasteiger partial charge in [-0.2, -0.15) is 5.10 Å². The van der Waals surface area contributed by atoms with Crippen molar-refractivity contribution in [2.45, 2.75) is 37.3 Å². The molecule has 3 N–H and O–H groups in total. The maximum Gasteiger partial charge on any atom is 0.268 e. The zero-order valence-electron chi connectivity index (χ0n) is 15.6. The average Bonchev–Trinajstić information content (AvgIpc) is 3.12. The summed E-state index contributed by atoms with van der Waals surface area (Å²) in [5.74, 6) is -1.78. The number of carbonyl (C=O) groups excluding carboxylic acids is 2. The van der Waals surface area contributed by atoms with Crippen LogP contribution in [0.4, 0.5) is 14.5 Å². The van der Waals surface area contributed by atoms with E-state index in [2.05, 4.69) is 10.4 Å². The Kier molecular flexibility index (Phi) is 4.77. The molecule has 0 aromatic heterocycles. The normalized spacial score (nSPS) is 20.0. The summed E-state index contributed by atoms with van der Waals surface area (Å²) in [5.41, 5.74) is 6.39. The summed E-state index contributed by atoms with van der Waals surface area (Å²) in [6, 6.07) is 10.7. The Hall–Kier alpha value is -3.29. The molecular formula is C21H20F2N4O2. The fourth-order valence-corrected chi connectivity index (χ4v) is 3.78. The Morgan fingerprint density at radius 2 is 1.62 bits per heavy atom. The van der Waals surface area contributed by atoms with Crippen molar-refractivity contribution >= 4 is 23.2 Å². The van der Waals surface area contributed by atoms with Crippen molar-refractivity contribution in [2.24, 2.45) is 10.8 Å². The molecular weight excluding hydrogens is 378 g/mol. The van der Waals surface area contributed by atoms with E-state index >= 15 is 0 Å². The fourth-order valence-electron chi connectivity index (χ4n) is 3.78. The molecule has 6 nitrogen and oxygen atoms in total. The molecule has 2 aromatic rings. The molecule has 0 radical (unpaired) electrons. The number of hydrogen-bond acceptors (Lipinski definition) is 4. The second-order valence-electron chi connectivity index (χ2n) is 7.39. The minimum Gasteiger partial charge on any atom is -0.368 e. The van der Waals surface area contributed by atoms with Crippen molar-refractivity contribution in [1.29, 1.82) is 0 Å². The number of amides is 2. The lowest BCUT2D eigenvalue weighted by Crippen LogP contribution is -2.52. The molecule has 1 fully saturated rings. The van der Waals surface area contributed by atoms with Gasteiger partial charge in [0.1, 0.15) is 23.4 Å². The van der Waals surface area contributed by atoms with Crippen LogP contribution in [0.2, 0.25) is 0 Å². The quantitative estimate of drug-likeness (QED) is 0.812. The molecule has 2 aliphatic rings. The second kappa shape index (κ2) is 7.27. The number of anilines is 1. The third-order valence-corrected chi connectivity index (χ3v) is 5.55. The lowest BCUT2D eigenvalue weighted by atomic mass is 9.71. The highest BCUT2D eigenvalue weighted by Crippen LogP contribution is 2.41. The maximum absolute atomic E-state index is 13.3. The fraction of sp³-hybridized carbons (Fsp3) is 0.286. The minimum absolute atomic E-state index is 0.0536. The van der Waals surface area contributed by atoms with E-state index in [0.717, 1.165) is 24.8 Å². The van der Waals surface area contributed by atoms with Gasteiger partial charge in [0.05, 0.1) is 11.2 Å². The van der Waals surface area contributed by atoms with Crippen LogP contribution < -0.4 is 16.1 Å². The van der Waals surface area contributed by atoms with E-state index in [0.29, 0.717) is 5.69 Å². The Morgan fingerprint density at radius 1 is 1.03 bits per heavy atom. The molecule has 1 saturated carbocycles. The number of primary amides is 1. The van der Waals surface area contributed by atoms with E-state index in [1.54, 1.807) is 12.1 Å². The third kappa shape index (κ3) is 3.57. The lowest BCUT2D eigenvalue weighted by Gasteiger charge is -2.43. The van der Waals surface area contributed by atoms with E-state index in [-0.39, 0.29) is 17.9 Å². The molecule has 4 rings (SSSR count). The third-order valence-electron chi connectivity index (χ3n) is 5.55. The van der Waals surface area contributed by atoms with Crippen LogP contribution in [-0.4, -0.2) is 23.6 Å². The van der Waals surface area contributed by atoms with Gasteiger partial charge in [-0.05, 0) is 61.2 Å². The van der Waals surface area contributed by atoms with E-state index in [1.165, 1.54) is 41.4 Å². The smallest absolute Gasteiger partial charge is 0.268 e. The van der Waals surface area contributed by atoms with Crippen LogP contribution in [0.1, 0.15) is 31.2 Å². The lowest BCUT2D eigenvalue weighted by molar-refractivity contribution is -0.119. The van der Waals surface area contributed by atoms with Gasteiger partial charge < -0.3 is 11.1 Å². The largest absolute Gasteiger partial charge is 0.368 e. The van der Waals surface area contributed by atoms with Crippen LogP contribution >= 0.6 is 0 Å². The van der Waals surface area contributed by atoms with Crippen LogP contribution in [0.5, 0.6) is 0 Å². The zero-order valence-corrected chi connectivity index (χ0v) is 15.6. The van der Waals surface area contributed by atoms with Gasteiger partial charge in [-0.1, -0.05) is 12.1 Å². The van der Waals surface area contributed by atoms with Gasteiger partial charge in [-0.3, -0.25) is 14.6 Å². The van der Waals surface area contributed by atoms with Crippen molar-refractivity contribution in [1.82, 2.24) is 5.32 Å². The van der Waals surface area contributed by atoms with Crippen molar-refractivity contribution < 1.29 is 18.4 Å². The molecule has 2 aromatic carbocycles. The van der Waals surface area contributed by atoms with Gasteiger partial charge in [0.25, 0.3) is 5.91 Å². The number of nitrogens with zero attached hydrogens (tertiary/aromatic N) is 2. The predicted molar refractivity (Wildman–Crippen MR) is 104 cm³/mol. The topological polar surface area (TPSA) is 87.8 Å². The Bertz CT molecular complexity index is 969. The van der Waals surface area contributed by atoms with Gasteiger partial charge in [0, 0.05) is 6.42 Å². The van der Waals surface area contributed by atoms with Gasteiger partial charge in [-0.15, -0.1) is 0 Å². The molecule has 1 unspecified atom stereocenters. The average molecular weight is 398 g/mol. The number of rotatable bonds is 5. The number of hydrazone groups is 1. The summed E-state index contributed by atoms with van der Waals surface area (Å²) >= 11 is 0.